The number of nitrogens with zero attached hydrogens (tertiary/aromatic N) is 3. The summed E-state index contributed by atoms with van der Waals surface area (Å²) in [5, 5.41) is 29.9. The van der Waals surface area contributed by atoms with Crippen LogP contribution in [0.1, 0.15) is 0 Å². The summed E-state index contributed by atoms with van der Waals surface area (Å²) in [4.78, 5) is 0. The van der Waals surface area contributed by atoms with E-state index in [1.54, 1.807) is 42.5 Å². The number of allylic oxidation sites excluding steroid dienone is 2. The second-order valence-electron chi connectivity index (χ2n) is 5.21. The smallest absolute Gasteiger partial charge is 0.203 e. The summed E-state index contributed by atoms with van der Waals surface area (Å²) in [5.41, 5.74) is 1.78. The monoisotopic (exact) mass is 360 g/mol. The Balaban J connectivity index is 2.50. The minimum Gasteiger partial charge on any atom is -0.493 e. The molecule has 0 spiro atoms. The van der Waals surface area contributed by atoms with Crippen LogP contribution in [-0.2, 0) is 0 Å². The Morgan fingerprint density at radius 3 is 1.93 bits per heavy atom. The molecular weight excluding hydrogens is 344 g/mol. The van der Waals surface area contributed by atoms with Crippen LogP contribution in [0.5, 0.6) is 17.2 Å². The van der Waals surface area contributed by atoms with Crippen LogP contribution in [0, 0.1) is 34.0 Å². The van der Waals surface area contributed by atoms with Crippen molar-refractivity contribution in [2.24, 2.45) is 0 Å². The molecule has 7 nitrogen and oxygen atoms in total. The lowest BCUT2D eigenvalue weighted by Gasteiger charge is -2.15. The number of hydrogen-bond donors (Lipinski definition) is 1. The van der Waals surface area contributed by atoms with Crippen molar-refractivity contribution in [1.82, 2.24) is 0 Å². The lowest BCUT2D eigenvalue weighted by Crippen LogP contribution is -2.00. The summed E-state index contributed by atoms with van der Waals surface area (Å²) in [6.45, 7) is 0. The van der Waals surface area contributed by atoms with Gasteiger partial charge < -0.3 is 19.5 Å². The Kier molecular flexibility index (Phi) is 6.25. The van der Waals surface area contributed by atoms with Crippen LogP contribution in [0.25, 0.3) is 11.1 Å². The summed E-state index contributed by atoms with van der Waals surface area (Å²) in [6, 6.07) is 16.0. The van der Waals surface area contributed by atoms with Crippen LogP contribution in [0.4, 0.5) is 5.69 Å². The maximum Gasteiger partial charge on any atom is 0.203 e. The van der Waals surface area contributed by atoms with E-state index in [4.69, 9.17) is 24.7 Å². The van der Waals surface area contributed by atoms with E-state index in [1.165, 1.54) is 21.3 Å². The molecule has 2 aromatic carbocycles. The Morgan fingerprint density at radius 1 is 0.815 bits per heavy atom. The largest absolute Gasteiger partial charge is 0.493 e. The first-order chi connectivity index (χ1) is 13.1. The summed E-state index contributed by atoms with van der Waals surface area (Å²) < 4.78 is 16.1. The summed E-state index contributed by atoms with van der Waals surface area (Å²) in [5.74, 6) is 1.51. The topological polar surface area (TPSA) is 111 Å². The Labute approximate surface area is 157 Å². The fourth-order valence-corrected chi connectivity index (χ4v) is 2.45. The highest BCUT2D eigenvalue weighted by Gasteiger charge is 2.14. The van der Waals surface area contributed by atoms with Crippen molar-refractivity contribution in [3.63, 3.8) is 0 Å². The standard InChI is InChI=1S/C20H16N4O3/c1-25-18-8-14(9-19(26-2)20(18)27-3)13-5-4-6-16(7-13)24-17(12-23)15(10-21)11-22/h4-9,24H,1-3H3. The molecule has 134 valence electrons. The SMILES string of the molecule is COc1cc(-c2cccc(NC(C#N)=C(C#N)C#N)c2)cc(OC)c1OC. The van der Waals surface area contributed by atoms with Crippen molar-refractivity contribution in [3.05, 3.63) is 47.7 Å². The van der Waals surface area contributed by atoms with E-state index in [1.807, 2.05) is 12.1 Å². The zero-order valence-corrected chi connectivity index (χ0v) is 15.0. The van der Waals surface area contributed by atoms with Crippen LogP contribution in [0.2, 0.25) is 0 Å². The van der Waals surface area contributed by atoms with Gasteiger partial charge in [-0.05, 0) is 35.4 Å². The fraction of sp³-hybridized carbons (Fsp3) is 0.150. The number of benzene rings is 2. The van der Waals surface area contributed by atoms with Crippen molar-refractivity contribution in [2.75, 3.05) is 26.6 Å². The van der Waals surface area contributed by atoms with Gasteiger partial charge in [0.2, 0.25) is 5.75 Å². The van der Waals surface area contributed by atoms with Crippen molar-refractivity contribution in [1.29, 1.82) is 15.8 Å². The molecule has 27 heavy (non-hydrogen) atoms. The van der Waals surface area contributed by atoms with Crippen LogP contribution >= 0.6 is 0 Å². The third-order valence-electron chi connectivity index (χ3n) is 3.72. The molecule has 0 aliphatic carbocycles. The van der Waals surface area contributed by atoms with E-state index in [0.717, 1.165) is 11.1 Å². The second kappa shape index (κ2) is 8.80. The van der Waals surface area contributed by atoms with Crippen molar-refractivity contribution in [3.8, 4) is 46.6 Å². The molecule has 0 saturated carbocycles. The van der Waals surface area contributed by atoms with Crippen LogP contribution in [0.15, 0.2) is 47.7 Å². The van der Waals surface area contributed by atoms with Crippen LogP contribution in [0.3, 0.4) is 0 Å². The van der Waals surface area contributed by atoms with Gasteiger partial charge in [0.25, 0.3) is 0 Å². The highest BCUT2D eigenvalue weighted by atomic mass is 16.5. The molecule has 2 aromatic rings. The number of nitriles is 3. The molecule has 0 aromatic heterocycles. The van der Waals surface area contributed by atoms with Crippen LogP contribution < -0.4 is 19.5 Å². The predicted molar refractivity (Wildman–Crippen MR) is 99.0 cm³/mol. The van der Waals surface area contributed by atoms with Gasteiger partial charge in [-0.2, -0.15) is 15.8 Å². The summed E-state index contributed by atoms with van der Waals surface area (Å²) >= 11 is 0. The minimum atomic E-state index is -0.282. The molecule has 0 aliphatic rings. The average Bonchev–Trinajstić information content (AvgIpc) is 2.72. The first kappa shape index (κ1) is 19.2. The maximum atomic E-state index is 9.18. The predicted octanol–water partition coefficient (Wildman–Crippen LogP) is 3.62. The molecule has 0 amide bonds. The van der Waals surface area contributed by atoms with E-state index in [0.29, 0.717) is 22.9 Å². The number of nitrogens with one attached hydrogen (secondary N) is 1. The van der Waals surface area contributed by atoms with Gasteiger partial charge in [0.1, 0.15) is 23.9 Å². The molecule has 0 radical (unpaired) electrons. The van der Waals surface area contributed by atoms with E-state index >= 15 is 0 Å². The number of rotatable bonds is 6. The zero-order chi connectivity index (χ0) is 19.8. The van der Waals surface area contributed by atoms with Gasteiger partial charge >= 0.3 is 0 Å². The summed E-state index contributed by atoms with van der Waals surface area (Å²) in [6.07, 6.45) is 0. The fourth-order valence-electron chi connectivity index (χ4n) is 2.45. The molecule has 0 bridgehead atoms. The third-order valence-corrected chi connectivity index (χ3v) is 3.72. The number of anilines is 1. The highest BCUT2D eigenvalue weighted by molar-refractivity contribution is 5.74. The average molecular weight is 360 g/mol. The minimum absolute atomic E-state index is 0.109. The molecule has 0 atom stereocenters. The maximum absolute atomic E-state index is 9.18. The van der Waals surface area contributed by atoms with E-state index in [-0.39, 0.29) is 11.3 Å². The molecule has 0 aliphatic heterocycles. The Morgan fingerprint density at radius 2 is 1.44 bits per heavy atom. The number of hydrogen-bond acceptors (Lipinski definition) is 7. The number of methoxy groups -OCH3 is 3. The normalized spacial score (nSPS) is 9.19. The first-order valence-electron chi connectivity index (χ1n) is 7.73. The van der Waals surface area contributed by atoms with E-state index in [9.17, 15) is 5.26 Å². The Bertz CT molecular complexity index is 966. The third kappa shape index (κ3) is 4.10. The molecule has 0 unspecified atom stereocenters. The molecule has 0 saturated heterocycles. The zero-order valence-electron chi connectivity index (χ0n) is 15.0. The van der Waals surface area contributed by atoms with E-state index < -0.39 is 0 Å². The van der Waals surface area contributed by atoms with Crippen LogP contribution in [-0.4, -0.2) is 21.3 Å². The van der Waals surface area contributed by atoms with Gasteiger partial charge in [-0.3, -0.25) is 0 Å². The Hall–Kier alpha value is -4.15. The lowest BCUT2D eigenvalue weighted by molar-refractivity contribution is 0.324. The molecule has 7 heteroatoms. The van der Waals surface area contributed by atoms with Gasteiger partial charge in [0.05, 0.1) is 21.3 Å². The van der Waals surface area contributed by atoms with Gasteiger partial charge in [0, 0.05) is 5.69 Å². The van der Waals surface area contributed by atoms with Gasteiger partial charge in [-0.15, -0.1) is 0 Å². The summed E-state index contributed by atoms with van der Waals surface area (Å²) in [7, 11) is 4.60. The van der Waals surface area contributed by atoms with Gasteiger partial charge in [-0.1, -0.05) is 12.1 Å². The van der Waals surface area contributed by atoms with E-state index in [2.05, 4.69) is 5.32 Å². The lowest BCUT2D eigenvalue weighted by atomic mass is 10.0. The van der Waals surface area contributed by atoms with Crippen molar-refractivity contribution >= 4 is 5.69 Å². The highest BCUT2D eigenvalue weighted by Crippen LogP contribution is 2.41. The molecule has 0 heterocycles. The number of ether oxygens (including phenoxy) is 3. The molecule has 0 fully saturated rings. The second-order valence-corrected chi connectivity index (χ2v) is 5.21. The molecule has 2 rings (SSSR count). The van der Waals surface area contributed by atoms with Crippen molar-refractivity contribution < 1.29 is 14.2 Å². The first-order valence-corrected chi connectivity index (χ1v) is 7.73. The van der Waals surface area contributed by atoms with Gasteiger partial charge in [-0.25, -0.2) is 0 Å². The van der Waals surface area contributed by atoms with Gasteiger partial charge in [0.15, 0.2) is 17.1 Å². The molecule has 1 N–H and O–H groups in total. The quantitative estimate of drug-likeness (QED) is 0.783. The van der Waals surface area contributed by atoms with Crippen molar-refractivity contribution in [2.45, 2.75) is 0 Å². The molecular formula is C20H16N4O3.